The summed E-state index contributed by atoms with van der Waals surface area (Å²) in [4.78, 5) is 35.2. The van der Waals surface area contributed by atoms with Gasteiger partial charge in [0.25, 0.3) is 5.91 Å². The van der Waals surface area contributed by atoms with Crippen molar-refractivity contribution in [1.82, 2.24) is 10.2 Å². The topological polar surface area (TPSA) is 127 Å². The van der Waals surface area contributed by atoms with Crippen LogP contribution < -0.4 is 5.32 Å². The van der Waals surface area contributed by atoms with Crippen molar-refractivity contribution in [2.45, 2.75) is 20.8 Å². The van der Waals surface area contributed by atoms with Crippen LogP contribution >= 0.6 is 11.3 Å². The molecular weight excluding hydrogens is 324 g/mol. The monoisotopic (exact) mass is 338 g/mol. The van der Waals surface area contributed by atoms with E-state index in [2.05, 4.69) is 15.5 Å². The van der Waals surface area contributed by atoms with Crippen LogP contribution in [0.5, 0.6) is 0 Å². The highest BCUT2D eigenvalue weighted by atomic mass is 32.1. The van der Waals surface area contributed by atoms with E-state index in [1.807, 2.05) is 0 Å². The van der Waals surface area contributed by atoms with Gasteiger partial charge in [-0.3, -0.25) is 20.0 Å². The summed E-state index contributed by atoms with van der Waals surface area (Å²) in [6, 6.07) is 0. The molecule has 0 fully saturated rings. The Morgan fingerprint density at radius 1 is 1.48 bits per heavy atom. The van der Waals surface area contributed by atoms with Crippen LogP contribution in [0.3, 0.4) is 0 Å². The molecular formula is C13H14N4O5S. The number of hydrogen-bond donors (Lipinski definition) is 2. The molecule has 0 bridgehead atoms. The average molecular weight is 338 g/mol. The molecule has 0 spiro atoms. The molecule has 0 radical (unpaired) electrons. The zero-order valence-electron chi connectivity index (χ0n) is 12.6. The Kier molecular flexibility index (Phi) is 4.74. The zero-order valence-corrected chi connectivity index (χ0v) is 13.4. The van der Waals surface area contributed by atoms with E-state index in [-0.39, 0.29) is 22.9 Å². The zero-order chi connectivity index (χ0) is 17.1. The van der Waals surface area contributed by atoms with E-state index in [9.17, 15) is 19.7 Å². The number of esters is 1. The SMILES string of the molecule is CCOC(=O)c1c(NC(=O)c2[nH]ncc2[N+](=O)[O-])sc(C)c1C. The van der Waals surface area contributed by atoms with E-state index in [1.54, 1.807) is 20.8 Å². The summed E-state index contributed by atoms with van der Waals surface area (Å²) in [5, 5.41) is 19.4. The Balaban J connectivity index is 2.35. The second kappa shape index (κ2) is 6.57. The molecule has 2 rings (SSSR count). The molecule has 9 nitrogen and oxygen atoms in total. The van der Waals surface area contributed by atoms with Crippen molar-refractivity contribution in [2.24, 2.45) is 0 Å². The van der Waals surface area contributed by atoms with Gasteiger partial charge in [0.2, 0.25) is 5.69 Å². The van der Waals surface area contributed by atoms with Gasteiger partial charge < -0.3 is 10.1 Å². The van der Waals surface area contributed by atoms with E-state index in [1.165, 1.54) is 11.3 Å². The molecule has 0 aromatic carbocycles. The van der Waals surface area contributed by atoms with E-state index < -0.39 is 22.5 Å². The first kappa shape index (κ1) is 16.6. The Hall–Kier alpha value is -2.75. The third-order valence-electron chi connectivity index (χ3n) is 3.14. The van der Waals surface area contributed by atoms with Crippen molar-refractivity contribution in [3.63, 3.8) is 0 Å². The Labute approximate surface area is 134 Å². The number of ether oxygens (including phenoxy) is 1. The summed E-state index contributed by atoms with van der Waals surface area (Å²) in [5.74, 6) is -1.30. The number of hydrogen-bond acceptors (Lipinski definition) is 7. The number of thiophene rings is 1. The van der Waals surface area contributed by atoms with Crippen LogP contribution in [0.25, 0.3) is 0 Å². The number of carbonyl (C=O) groups excluding carboxylic acids is 2. The number of carbonyl (C=O) groups is 2. The van der Waals surface area contributed by atoms with Gasteiger partial charge in [-0.2, -0.15) is 5.10 Å². The van der Waals surface area contributed by atoms with Crippen molar-refractivity contribution >= 4 is 33.9 Å². The van der Waals surface area contributed by atoms with E-state index in [0.717, 1.165) is 11.1 Å². The normalized spacial score (nSPS) is 10.4. The standard InChI is InChI=1S/C13H14N4O5S/c1-4-22-13(19)9-6(2)7(3)23-12(9)15-11(18)10-8(17(20)21)5-14-16-10/h5H,4H2,1-3H3,(H,14,16)(H,15,18). The Morgan fingerprint density at radius 2 is 2.17 bits per heavy atom. The number of anilines is 1. The third kappa shape index (κ3) is 3.21. The molecule has 2 aromatic heterocycles. The molecule has 122 valence electrons. The minimum Gasteiger partial charge on any atom is -0.462 e. The molecule has 10 heteroatoms. The molecule has 0 unspecified atom stereocenters. The summed E-state index contributed by atoms with van der Waals surface area (Å²) >= 11 is 1.20. The molecule has 2 heterocycles. The summed E-state index contributed by atoms with van der Waals surface area (Å²) < 4.78 is 4.99. The molecule has 0 aliphatic carbocycles. The van der Waals surface area contributed by atoms with Crippen molar-refractivity contribution < 1.29 is 19.2 Å². The largest absolute Gasteiger partial charge is 0.462 e. The number of nitro groups is 1. The van der Waals surface area contributed by atoms with Crippen LogP contribution in [0.15, 0.2) is 6.20 Å². The first-order chi connectivity index (χ1) is 10.9. The molecule has 1 amide bonds. The Bertz CT molecular complexity index is 779. The second-order valence-electron chi connectivity index (χ2n) is 4.55. The summed E-state index contributed by atoms with van der Waals surface area (Å²) in [6.07, 6.45) is 0.950. The molecule has 0 atom stereocenters. The average Bonchev–Trinajstić information content (AvgIpc) is 3.05. The summed E-state index contributed by atoms with van der Waals surface area (Å²) in [5.41, 5.74) is 0.228. The van der Waals surface area contributed by atoms with Gasteiger partial charge in [-0.25, -0.2) is 4.79 Å². The highest BCUT2D eigenvalue weighted by Crippen LogP contribution is 2.33. The minimum atomic E-state index is -0.749. The first-order valence-electron chi connectivity index (χ1n) is 6.63. The molecule has 0 aliphatic heterocycles. The van der Waals surface area contributed by atoms with Gasteiger partial charge in [-0.05, 0) is 26.3 Å². The van der Waals surface area contributed by atoms with Gasteiger partial charge in [0, 0.05) is 4.88 Å². The highest BCUT2D eigenvalue weighted by molar-refractivity contribution is 7.16. The second-order valence-corrected chi connectivity index (χ2v) is 5.77. The number of H-pyrrole nitrogens is 1. The van der Waals surface area contributed by atoms with Crippen LogP contribution in [0.1, 0.15) is 38.2 Å². The predicted octanol–water partition coefficient (Wildman–Crippen LogP) is 2.43. The van der Waals surface area contributed by atoms with Crippen molar-refractivity contribution in [2.75, 3.05) is 11.9 Å². The van der Waals surface area contributed by atoms with Crippen LogP contribution in [-0.2, 0) is 4.74 Å². The van der Waals surface area contributed by atoms with Gasteiger partial charge in [-0.15, -0.1) is 11.3 Å². The van der Waals surface area contributed by atoms with Crippen molar-refractivity contribution in [3.05, 3.63) is 38.0 Å². The van der Waals surface area contributed by atoms with Crippen LogP contribution in [0.2, 0.25) is 0 Å². The lowest BCUT2D eigenvalue weighted by atomic mass is 10.1. The quantitative estimate of drug-likeness (QED) is 0.489. The lowest BCUT2D eigenvalue weighted by molar-refractivity contribution is -0.385. The molecule has 2 N–H and O–H groups in total. The van der Waals surface area contributed by atoms with Gasteiger partial charge >= 0.3 is 11.7 Å². The lowest BCUT2D eigenvalue weighted by Crippen LogP contribution is -2.16. The van der Waals surface area contributed by atoms with Crippen LogP contribution in [-0.4, -0.2) is 33.6 Å². The fourth-order valence-corrected chi connectivity index (χ4v) is 2.96. The smallest absolute Gasteiger partial charge is 0.341 e. The van der Waals surface area contributed by atoms with Crippen LogP contribution in [0, 0.1) is 24.0 Å². The predicted molar refractivity (Wildman–Crippen MR) is 82.9 cm³/mol. The lowest BCUT2D eigenvalue weighted by Gasteiger charge is -2.06. The van der Waals surface area contributed by atoms with Gasteiger partial charge in [0.1, 0.15) is 11.2 Å². The number of aromatic nitrogens is 2. The molecule has 2 aromatic rings. The first-order valence-corrected chi connectivity index (χ1v) is 7.44. The van der Waals surface area contributed by atoms with Crippen molar-refractivity contribution in [1.29, 1.82) is 0 Å². The van der Waals surface area contributed by atoms with Crippen LogP contribution in [0.4, 0.5) is 10.7 Å². The number of amides is 1. The van der Waals surface area contributed by atoms with Gasteiger partial charge in [0.05, 0.1) is 17.1 Å². The number of rotatable bonds is 5. The Morgan fingerprint density at radius 3 is 2.78 bits per heavy atom. The molecule has 0 saturated carbocycles. The van der Waals surface area contributed by atoms with Gasteiger partial charge in [0.15, 0.2) is 0 Å². The van der Waals surface area contributed by atoms with E-state index >= 15 is 0 Å². The fraction of sp³-hybridized carbons (Fsp3) is 0.308. The number of aryl methyl sites for hydroxylation is 1. The fourth-order valence-electron chi connectivity index (χ4n) is 1.91. The maximum Gasteiger partial charge on any atom is 0.341 e. The third-order valence-corrected chi connectivity index (χ3v) is 4.26. The minimum absolute atomic E-state index is 0.201. The molecule has 0 aliphatic rings. The number of nitrogens with zero attached hydrogens (tertiary/aromatic N) is 2. The number of nitrogens with one attached hydrogen (secondary N) is 2. The number of aromatic amines is 1. The van der Waals surface area contributed by atoms with E-state index in [4.69, 9.17) is 4.74 Å². The highest BCUT2D eigenvalue weighted by Gasteiger charge is 2.26. The van der Waals surface area contributed by atoms with Gasteiger partial charge in [-0.1, -0.05) is 0 Å². The molecule has 0 saturated heterocycles. The maximum absolute atomic E-state index is 12.2. The summed E-state index contributed by atoms with van der Waals surface area (Å²) in [7, 11) is 0. The maximum atomic E-state index is 12.2. The molecule has 23 heavy (non-hydrogen) atoms. The van der Waals surface area contributed by atoms with E-state index in [0.29, 0.717) is 5.56 Å². The van der Waals surface area contributed by atoms with Crippen molar-refractivity contribution in [3.8, 4) is 0 Å². The summed E-state index contributed by atoms with van der Waals surface area (Å²) in [6.45, 7) is 5.43.